The van der Waals surface area contributed by atoms with Gasteiger partial charge in [-0.2, -0.15) is 5.26 Å². The molecule has 0 heterocycles. The maximum absolute atomic E-state index is 12.9. The average molecular weight is 776 g/mol. The Morgan fingerprint density at radius 1 is 0.566 bits per heavy atom. The molecule has 0 atom stereocenters. The van der Waals surface area contributed by atoms with Gasteiger partial charge in [0.25, 0.3) is 6.17 Å². The van der Waals surface area contributed by atoms with Crippen LogP contribution in [0, 0.1) is 11.3 Å². The van der Waals surface area contributed by atoms with Crippen molar-refractivity contribution < 1.29 is 27.0 Å². The summed E-state index contributed by atoms with van der Waals surface area (Å²) in [7, 11) is -7.78. The summed E-state index contributed by atoms with van der Waals surface area (Å²) in [5.41, 5.74) is -0.404. The number of nitrogens with one attached hydrogen (secondary N) is 2. The molecule has 13 nitrogen and oxygen atoms in total. The first-order valence-electron chi connectivity index (χ1n) is 19.4. The number of benzene rings is 2. The second kappa shape index (κ2) is 26.3. The van der Waals surface area contributed by atoms with Crippen LogP contribution in [-0.4, -0.2) is 46.3 Å². The molecular formula is C38H61N7O6S2. The van der Waals surface area contributed by atoms with Crippen molar-refractivity contribution in [3.05, 3.63) is 36.4 Å². The first kappa shape index (κ1) is 45.7. The monoisotopic (exact) mass is 775 g/mol. The van der Waals surface area contributed by atoms with Crippen LogP contribution >= 0.6 is 0 Å². The highest BCUT2D eigenvalue weighted by atomic mass is 32.2. The van der Waals surface area contributed by atoms with Gasteiger partial charge >= 0.3 is 0 Å². The van der Waals surface area contributed by atoms with Crippen LogP contribution < -0.4 is 9.44 Å². The molecule has 2 rings (SSSR count). The maximum Gasteiger partial charge on any atom is 0.266 e. The van der Waals surface area contributed by atoms with Crippen molar-refractivity contribution in [3.63, 3.8) is 0 Å². The Morgan fingerprint density at radius 2 is 0.887 bits per heavy atom. The number of aromatic hydroxyl groups is 2. The third-order valence-electron chi connectivity index (χ3n) is 8.82. The van der Waals surface area contributed by atoms with Gasteiger partial charge in [0.1, 0.15) is 28.9 Å². The molecule has 0 amide bonds. The summed E-state index contributed by atoms with van der Waals surface area (Å²) < 4.78 is 56.6. The largest absolute Gasteiger partial charge is 0.506 e. The summed E-state index contributed by atoms with van der Waals surface area (Å²) >= 11 is 0. The van der Waals surface area contributed by atoms with Gasteiger partial charge in [0, 0.05) is 13.1 Å². The van der Waals surface area contributed by atoms with E-state index in [0.717, 1.165) is 50.7 Å². The van der Waals surface area contributed by atoms with Crippen LogP contribution in [-0.2, 0) is 20.0 Å². The highest BCUT2D eigenvalue weighted by Crippen LogP contribution is 2.31. The summed E-state index contributed by atoms with van der Waals surface area (Å²) in [6.45, 7) is 4.96. The van der Waals surface area contributed by atoms with E-state index in [1.165, 1.54) is 101 Å². The van der Waals surface area contributed by atoms with Gasteiger partial charge in [-0.1, -0.05) is 129 Å². The van der Waals surface area contributed by atoms with Crippen LogP contribution in [0.25, 0.3) is 0 Å². The standard InChI is InChI=1S/C38H61N7O6S2/c1-3-5-7-9-11-13-15-17-19-21-27-40-52(48,49)32-23-25-36(46)34(29-32)42-44-38(31-39)45-43-35-30-33(24-26-37(35)47)53(50,51)41-28-22-20-18-16-14-12-10-8-6-4-2/h23-26,29-30,38,40-41,46-47H,3-22,27-28H2,1-2H3. The van der Waals surface area contributed by atoms with Crippen molar-refractivity contribution in [2.45, 2.75) is 158 Å². The van der Waals surface area contributed by atoms with Gasteiger partial charge in [-0.15, -0.1) is 20.5 Å². The van der Waals surface area contributed by atoms with Crippen molar-refractivity contribution in [2.24, 2.45) is 20.5 Å². The van der Waals surface area contributed by atoms with Crippen molar-refractivity contribution in [1.29, 1.82) is 5.26 Å². The first-order chi connectivity index (χ1) is 25.5. The number of hydrogen-bond donors (Lipinski definition) is 4. The molecular weight excluding hydrogens is 715 g/mol. The number of rotatable bonds is 30. The molecule has 0 fully saturated rings. The van der Waals surface area contributed by atoms with Crippen LogP contribution in [0.3, 0.4) is 0 Å². The zero-order valence-electron chi connectivity index (χ0n) is 31.7. The van der Waals surface area contributed by atoms with E-state index in [2.05, 4.69) is 43.7 Å². The van der Waals surface area contributed by atoms with E-state index in [0.29, 0.717) is 12.8 Å². The van der Waals surface area contributed by atoms with Crippen LogP contribution in [0.1, 0.15) is 142 Å². The van der Waals surface area contributed by atoms with E-state index in [-0.39, 0.29) is 45.8 Å². The van der Waals surface area contributed by atoms with E-state index in [1.54, 1.807) is 6.07 Å². The van der Waals surface area contributed by atoms with Gasteiger partial charge in [0.15, 0.2) is 0 Å². The highest BCUT2D eigenvalue weighted by Gasteiger charge is 2.18. The van der Waals surface area contributed by atoms with Gasteiger partial charge < -0.3 is 10.2 Å². The minimum atomic E-state index is -3.89. The second-order valence-corrected chi connectivity index (χ2v) is 16.9. The molecule has 0 radical (unpaired) electrons. The SMILES string of the molecule is CCCCCCCCCCCCNS(=O)(=O)c1ccc(O)c(N=NC(C#N)N=Nc2cc(S(=O)(=O)NCCCCCCCCCCCC)ccc2O)c1. The van der Waals surface area contributed by atoms with E-state index in [4.69, 9.17) is 0 Å². The van der Waals surface area contributed by atoms with Gasteiger partial charge in [-0.3, -0.25) is 0 Å². The minimum Gasteiger partial charge on any atom is -0.506 e. The number of nitriles is 1. The van der Waals surface area contributed by atoms with Crippen LogP contribution in [0.4, 0.5) is 11.4 Å². The van der Waals surface area contributed by atoms with Gasteiger partial charge in [-0.25, -0.2) is 26.3 Å². The molecule has 0 unspecified atom stereocenters. The number of phenolic OH excluding ortho intramolecular Hbond substituents is 2. The van der Waals surface area contributed by atoms with Gasteiger partial charge in [-0.05, 0) is 49.2 Å². The number of azo groups is 2. The Bertz CT molecular complexity index is 1550. The van der Waals surface area contributed by atoms with Crippen molar-refractivity contribution in [3.8, 4) is 17.6 Å². The van der Waals surface area contributed by atoms with Crippen LogP contribution in [0.15, 0.2) is 66.6 Å². The third-order valence-corrected chi connectivity index (χ3v) is 11.7. The Kier molecular flexibility index (Phi) is 22.7. The molecule has 296 valence electrons. The lowest BCUT2D eigenvalue weighted by Gasteiger charge is -2.08. The quantitative estimate of drug-likeness (QED) is 0.0446. The molecule has 0 saturated carbocycles. The van der Waals surface area contributed by atoms with Crippen LogP contribution in [0.2, 0.25) is 0 Å². The van der Waals surface area contributed by atoms with E-state index in [9.17, 15) is 32.3 Å². The fraction of sp³-hybridized carbons (Fsp3) is 0.658. The Balaban J connectivity index is 1.89. The van der Waals surface area contributed by atoms with E-state index in [1.807, 2.05) is 0 Å². The minimum absolute atomic E-state index is 0.129. The Morgan fingerprint density at radius 3 is 1.21 bits per heavy atom. The lowest BCUT2D eigenvalue weighted by molar-refractivity contribution is 0.475. The maximum atomic E-state index is 12.9. The molecule has 0 aromatic heterocycles. The molecule has 0 aliphatic rings. The molecule has 4 N–H and O–H groups in total. The summed E-state index contributed by atoms with van der Waals surface area (Å²) in [6, 6.07) is 8.84. The second-order valence-electron chi connectivity index (χ2n) is 13.4. The molecule has 0 spiro atoms. The lowest BCUT2D eigenvalue weighted by Crippen LogP contribution is -2.24. The summed E-state index contributed by atoms with van der Waals surface area (Å²) in [5, 5.41) is 45.3. The first-order valence-corrected chi connectivity index (χ1v) is 22.4. The Hall–Kier alpha value is -3.45. The molecule has 2 aromatic carbocycles. The predicted molar refractivity (Wildman–Crippen MR) is 209 cm³/mol. The molecule has 0 saturated heterocycles. The van der Waals surface area contributed by atoms with Crippen LogP contribution in [0.5, 0.6) is 11.5 Å². The number of phenols is 2. The number of hydrogen-bond acceptors (Lipinski definition) is 11. The molecule has 53 heavy (non-hydrogen) atoms. The van der Waals surface area contributed by atoms with Crippen molar-refractivity contribution in [2.75, 3.05) is 13.1 Å². The number of nitrogens with zero attached hydrogens (tertiary/aromatic N) is 5. The molecule has 0 aliphatic carbocycles. The van der Waals surface area contributed by atoms with Crippen molar-refractivity contribution in [1.82, 2.24) is 9.44 Å². The van der Waals surface area contributed by atoms with E-state index >= 15 is 0 Å². The van der Waals surface area contributed by atoms with Crippen molar-refractivity contribution >= 4 is 31.4 Å². The number of unbranched alkanes of at least 4 members (excludes halogenated alkanes) is 18. The zero-order chi connectivity index (χ0) is 38.8. The normalized spacial score (nSPS) is 12.8. The smallest absolute Gasteiger partial charge is 0.266 e. The molecule has 2 aromatic rings. The molecule has 0 bridgehead atoms. The number of sulfonamides is 2. The van der Waals surface area contributed by atoms with Gasteiger partial charge in [0.05, 0.1) is 9.79 Å². The highest BCUT2D eigenvalue weighted by molar-refractivity contribution is 7.89. The fourth-order valence-corrected chi connectivity index (χ4v) is 7.80. The predicted octanol–water partition coefficient (Wildman–Crippen LogP) is 10.2. The molecule has 15 heteroatoms. The lowest BCUT2D eigenvalue weighted by atomic mass is 10.1. The summed E-state index contributed by atoms with van der Waals surface area (Å²) in [5.74, 6) is -0.728. The topological polar surface area (TPSA) is 206 Å². The zero-order valence-corrected chi connectivity index (χ0v) is 33.3. The summed E-state index contributed by atoms with van der Waals surface area (Å²) in [4.78, 5) is -0.257. The average Bonchev–Trinajstić information content (AvgIpc) is 3.14. The fourth-order valence-electron chi connectivity index (χ4n) is 5.61. The summed E-state index contributed by atoms with van der Waals surface area (Å²) in [6.07, 6.45) is 21.1. The van der Waals surface area contributed by atoms with Gasteiger partial charge in [0.2, 0.25) is 20.0 Å². The molecule has 0 aliphatic heterocycles. The van der Waals surface area contributed by atoms with E-state index < -0.39 is 26.2 Å². The Labute approximate surface area is 317 Å². The third kappa shape index (κ3) is 18.9.